The molecule has 0 amide bonds. The van der Waals surface area contributed by atoms with E-state index in [1.807, 2.05) is 12.1 Å². The van der Waals surface area contributed by atoms with Crippen LogP contribution in [0.2, 0.25) is 5.15 Å². The summed E-state index contributed by atoms with van der Waals surface area (Å²) in [7, 11) is 1.60. The minimum atomic E-state index is -4.39. The maximum Gasteiger partial charge on any atom is 0.422 e. The van der Waals surface area contributed by atoms with E-state index in [4.69, 9.17) is 16.3 Å². The van der Waals surface area contributed by atoms with E-state index in [0.717, 1.165) is 11.1 Å². The highest BCUT2D eigenvalue weighted by Crippen LogP contribution is 2.23. The summed E-state index contributed by atoms with van der Waals surface area (Å²) < 4.78 is 42.3. The molecule has 0 fully saturated rings. The van der Waals surface area contributed by atoms with E-state index in [2.05, 4.69) is 20.6 Å². The molecule has 0 saturated carbocycles. The Kier molecular flexibility index (Phi) is 9.80. The van der Waals surface area contributed by atoms with Gasteiger partial charge in [0.1, 0.15) is 10.9 Å². The Morgan fingerprint density at radius 3 is 2.50 bits per heavy atom. The van der Waals surface area contributed by atoms with E-state index in [1.165, 1.54) is 0 Å². The van der Waals surface area contributed by atoms with Crippen LogP contribution in [0, 0.1) is 6.92 Å². The number of alkyl halides is 3. The summed E-state index contributed by atoms with van der Waals surface area (Å²) in [5.41, 5.74) is 2.32. The molecular formula is C18H21ClF3IN4O. The average Bonchev–Trinajstić information content (AvgIpc) is 2.62. The van der Waals surface area contributed by atoms with E-state index >= 15 is 0 Å². The molecule has 0 saturated heterocycles. The first kappa shape index (κ1) is 24.3. The predicted molar refractivity (Wildman–Crippen MR) is 114 cm³/mol. The Morgan fingerprint density at radius 2 is 1.89 bits per heavy atom. The number of nitrogens with zero attached hydrogens (tertiary/aromatic N) is 2. The van der Waals surface area contributed by atoms with Gasteiger partial charge in [0, 0.05) is 31.9 Å². The van der Waals surface area contributed by atoms with Crippen LogP contribution >= 0.6 is 35.6 Å². The molecule has 1 aromatic heterocycles. The van der Waals surface area contributed by atoms with E-state index < -0.39 is 12.8 Å². The number of aliphatic imine (C=N–C) groups is 1. The van der Waals surface area contributed by atoms with Crippen LogP contribution in [0.5, 0.6) is 5.75 Å². The second kappa shape index (κ2) is 11.3. The van der Waals surface area contributed by atoms with Gasteiger partial charge in [-0.05, 0) is 30.2 Å². The highest BCUT2D eigenvalue weighted by molar-refractivity contribution is 14.0. The molecule has 1 aromatic carbocycles. The molecule has 0 unspecified atom stereocenters. The number of pyridine rings is 1. The molecule has 0 aliphatic carbocycles. The molecule has 0 aliphatic rings. The normalized spacial score (nSPS) is 11.6. The van der Waals surface area contributed by atoms with Crippen molar-refractivity contribution in [3.63, 3.8) is 0 Å². The van der Waals surface area contributed by atoms with Gasteiger partial charge in [-0.2, -0.15) is 13.2 Å². The van der Waals surface area contributed by atoms with Gasteiger partial charge in [0.05, 0.1) is 0 Å². The molecular weight excluding hydrogens is 508 g/mol. The smallest absolute Gasteiger partial charge is 0.422 e. The summed E-state index contributed by atoms with van der Waals surface area (Å²) in [6, 6.07) is 8.64. The molecule has 0 radical (unpaired) electrons. The van der Waals surface area contributed by atoms with Gasteiger partial charge in [0.15, 0.2) is 12.6 Å². The molecule has 5 nitrogen and oxygen atoms in total. The topological polar surface area (TPSA) is 58.5 Å². The SMILES string of the molecule is CN=C(NCc1ccc(Cl)nc1)NCc1ccc(C)cc1OCC(F)(F)F.I. The molecule has 1 heterocycles. The summed E-state index contributed by atoms with van der Waals surface area (Å²) in [6.45, 7) is 1.18. The zero-order valence-corrected chi connectivity index (χ0v) is 18.4. The zero-order valence-electron chi connectivity index (χ0n) is 15.3. The van der Waals surface area contributed by atoms with Crippen LogP contribution in [0.25, 0.3) is 0 Å². The fourth-order valence-electron chi connectivity index (χ4n) is 2.20. The minimum absolute atomic E-state index is 0. The van der Waals surface area contributed by atoms with Gasteiger partial charge in [-0.25, -0.2) is 4.98 Å². The number of hydrogen-bond acceptors (Lipinski definition) is 3. The first-order chi connectivity index (χ1) is 12.8. The van der Waals surface area contributed by atoms with Crippen molar-refractivity contribution in [2.75, 3.05) is 13.7 Å². The number of aryl methyl sites for hydroxylation is 1. The van der Waals surface area contributed by atoms with Crippen molar-refractivity contribution < 1.29 is 17.9 Å². The van der Waals surface area contributed by atoms with Crippen LogP contribution in [-0.2, 0) is 13.1 Å². The lowest BCUT2D eigenvalue weighted by molar-refractivity contribution is -0.153. The van der Waals surface area contributed by atoms with Crippen LogP contribution in [0.4, 0.5) is 13.2 Å². The minimum Gasteiger partial charge on any atom is -0.484 e. The quantitative estimate of drug-likeness (QED) is 0.252. The first-order valence-corrected chi connectivity index (χ1v) is 8.48. The third-order valence-electron chi connectivity index (χ3n) is 3.53. The lowest BCUT2D eigenvalue weighted by atomic mass is 10.1. The van der Waals surface area contributed by atoms with Gasteiger partial charge < -0.3 is 15.4 Å². The van der Waals surface area contributed by atoms with Crippen LogP contribution in [-0.4, -0.2) is 30.8 Å². The Hall–Kier alpha value is -1.75. The second-order valence-electron chi connectivity index (χ2n) is 5.78. The summed E-state index contributed by atoms with van der Waals surface area (Å²) in [5.74, 6) is 0.685. The molecule has 0 spiro atoms. The van der Waals surface area contributed by atoms with E-state index in [0.29, 0.717) is 23.2 Å². The molecule has 2 N–H and O–H groups in total. The van der Waals surface area contributed by atoms with Gasteiger partial charge in [-0.3, -0.25) is 4.99 Å². The summed E-state index contributed by atoms with van der Waals surface area (Å²) in [6.07, 6.45) is -2.75. The number of benzene rings is 1. The van der Waals surface area contributed by atoms with Crippen molar-refractivity contribution in [3.8, 4) is 5.75 Å². The fourth-order valence-corrected chi connectivity index (χ4v) is 2.31. The molecule has 0 atom stereocenters. The molecule has 2 aromatic rings. The number of nitrogens with one attached hydrogen (secondary N) is 2. The van der Waals surface area contributed by atoms with Crippen LogP contribution < -0.4 is 15.4 Å². The second-order valence-corrected chi connectivity index (χ2v) is 6.17. The van der Waals surface area contributed by atoms with Gasteiger partial charge in [0.2, 0.25) is 0 Å². The maximum atomic E-state index is 12.4. The molecule has 0 aliphatic heterocycles. The van der Waals surface area contributed by atoms with Crippen molar-refractivity contribution >= 4 is 41.5 Å². The van der Waals surface area contributed by atoms with Crippen molar-refractivity contribution in [1.29, 1.82) is 0 Å². The van der Waals surface area contributed by atoms with Crippen molar-refractivity contribution in [2.45, 2.75) is 26.2 Å². The number of halogens is 5. The molecule has 154 valence electrons. The van der Waals surface area contributed by atoms with Crippen LogP contribution in [0.3, 0.4) is 0 Å². The number of ether oxygens (including phenoxy) is 1. The third kappa shape index (κ3) is 8.51. The Morgan fingerprint density at radius 1 is 1.18 bits per heavy atom. The highest BCUT2D eigenvalue weighted by Gasteiger charge is 2.28. The summed E-state index contributed by atoms with van der Waals surface area (Å²) >= 11 is 5.75. The van der Waals surface area contributed by atoms with Gasteiger partial charge in [-0.1, -0.05) is 29.8 Å². The number of aromatic nitrogens is 1. The van der Waals surface area contributed by atoms with Crippen LogP contribution in [0.15, 0.2) is 41.5 Å². The Balaban J connectivity index is 0.00000392. The number of guanidine groups is 1. The summed E-state index contributed by atoms with van der Waals surface area (Å²) in [4.78, 5) is 8.09. The maximum absolute atomic E-state index is 12.4. The van der Waals surface area contributed by atoms with Crippen LogP contribution in [0.1, 0.15) is 16.7 Å². The average molecular weight is 529 g/mol. The van der Waals surface area contributed by atoms with Gasteiger partial charge >= 0.3 is 6.18 Å². The Bertz CT molecular complexity index is 785. The van der Waals surface area contributed by atoms with Crippen molar-refractivity contribution in [2.24, 2.45) is 4.99 Å². The van der Waals surface area contributed by atoms with Gasteiger partial charge in [0.25, 0.3) is 0 Å². The molecule has 2 rings (SSSR count). The van der Waals surface area contributed by atoms with E-state index in [1.54, 1.807) is 38.4 Å². The Labute approximate surface area is 183 Å². The van der Waals surface area contributed by atoms with E-state index in [9.17, 15) is 13.2 Å². The number of rotatable bonds is 6. The lowest BCUT2D eigenvalue weighted by Gasteiger charge is -2.16. The van der Waals surface area contributed by atoms with E-state index in [-0.39, 0.29) is 36.3 Å². The third-order valence-corrected chi connectivity index (χ3v) is 3.76. The molecule has 28 heavy (non-hydrogen) atoms. The highest BCUT2D eigenvalue weighted by atomic mass is 127. The number of hydrogen-bond donors (Lipinski definition) is 2. The summed E-state index contributed by atoms with van der Waals surface area (Å²) in [5, 5.41) is 6.56. The predicted octanol–water partition coefficient (Wildman–Crippen LogP) is 4.47. The largest absolute Gasteiger partial charge is 0.484 e. The fraction of sp³-hybridized carbons (Fsp3) is 0.333. The molecule has 10 heteroatoms. The lowest BCUT2D eigenvalue weighted by Crippen LogP contribution is -2.36. The van der Waals surface area contributed by atoms with Crippen molar-refractivity contribution in [1.82, 2.24) is 15.6 Å². The standard InChI is InChI=1S/C18H20ClF3N4O.HI/c1-12-3-5-14(15(7-12)27-11-18(20,21)22)10-26-17(23-2)25-9-13-4-6-16(19)24-8-13;/h3-8H,9-11H2,1-2H3,(H2,23,25,26);1H. The first-order valence-electron chi connectivity index (χ1n) is 8.11. The van der Waals surface area contributed by atoms with Crippen molar-refractivity contribution in [3.05, 3.63) is 58.4 Å². The monoisotopic (exact) mass is 528 g/mol. The zero-order chi connectivity index (χ0) is 19.9. The molecule has 0 bridgehead atoms. The van der Waals surface area contributed by atoms with Gasteiger partial charge in [-0.15, -0.1) is 24.0 Å².